The van der Waals surface area contributed by atoms with Gasteiger partial charge in [-0.05, 0) is 31.0 Å². The van der Waals surface area contributed by atoms with E-state index in [-0.39, 0.29) is 11.9 Å². The molecule has 0 aliphatic carbocycles. The predicted molar refractivity (Wildman–Crippen MR) is 84.4 cm³/mol. The van der Waals surface area contributed by atoms with Gasteiger partial charge in [-0.2, -0.15) is 0 Å². The first-order valence-electron chi connectivity index (χ1n) is 7.39. The van der Waals surface area contributed by atoms with Gasteiger partial charge < -0.3 is 14.8 Å². The number of fused-ring (bicyclic) bond motifs is 1. The molecule has 114 valence electrons. The van der Waals surface area contributed by atoms with Gasteiger partial charge in [-0.1, -0.05) is 36.4 Å². The normalized spacial score (nSPS) is 17.0. The lowest BCUT2D eigenvalue weighted by Gasteiger charge is -2.15. The van der Waals surface area contributed by atoms with E-state index in [1.165, 1.54) is 0 Å². The minimum atomic E-state index is -0.147. The molecule has 0 spiro atoms. The van der Waals surface area contributed by atoms with E-state index in [2.05, 4.69) is 5.32 Å². The van der Waals surface area contributed by atoms with Gasteiger partial charge in [0.1, 0.15) is 30.3 Å². The van der Waals surface area contributed by atoms with Gasteiger partial charge >= 0.3 is 0 Å². The summed E-state index contributed by atoms with van der Waals surface area (Å²) in [6.45, 7) is 4.73. The third-order valence-electron chi connectivity index (χ3n) is 3.64. The van der Waals surface area contributed by atoms with Crippen LogP contribution in [0.15, 0.2) is 42.5 Å². The van der Waals surface area contributed by atoms with Crippen LogP contribution in [0, 0.1) is 6.92 Å². The number of carbonyl (C=O) groups is 1. The second-order valence-corrected chi connectivity index (χ2v) is 5.54. The molecule has 0 saturated carbocycles. The monoisotopic (exact) mass is 297 g/mol. The first-order valence-corrected chi connectivity index (χ1v) is 7.39. The van der Waals surface area contributed by atoms with Crippen LogP contribution in [-0.4, -0.2) is 18.6 Å². The molecule has 0 fully saturated rings. The highest BCUT2D eigenvalue weighted by atomic mass is 16.5. The zero-order chi connectivity index (χ0) is 15.5. The molecule has 1 atom stereocenters. The van der Waals surface area contributed by atoms with Crippen LogP contribution in [0.1, 0.15) is 28.4 Å². The maximum atomic E-state index is 12.4. The first-order chi connectivity index (χ1) is 10.6. The molecule has 1 amide bonds. The Morgan fingerprint density at radius 2 is 2.00 bits per heavy atom. The molecule has 1 N–H and O–H groups in total. The van der Waals surface area contributed by atoms with Gasteiger partial charge in [0, 0.05) is 0 Å². The fourth-order valence-electron chi connectivity index (χ4n) is 2.47. The molecule has 0 bridgehead atoms. The third-order valence-corrected chi connectivity index (χ3v) is 3.64. The summed E-state index contributed by atoms with van der Waals surface area (Å²) < 4.78 is 11.7. The summed E-state index contributed by atoms with van der Waals surface area (Å²) in [6, 6.07) is 13.6. The molecule has 2 aromatic rings. The number of ether oxygens (including phenoxy) is 2. The number of benzene rings is 2. The number of nitrogens with one attached hydrogen (secondary N) is 1. The van der Waals surface area contributed by atoms with E-state index in [1.54, 1.807) is 0 Å². The molecule has 4 nitrogen and oxygen atoms in total. The van der Waals surface area contributed by atoms with Crippen molar-refractivity contribution >= 4 is 5.91 Å². The fraction of sp³-hybridized carbons (Fsp3) is 0.278. The highest BCUT2D eigenvalue weighted by Crippen LogP contribution is 2.34. The summed E-state index contributed by atoms with van der Waals surface area (Å²) in [5.41, 5.74) is 2.46. The van der Waals surface area contributed by atoms with Crippen LogP contribution in [0.3, 0.4) is 0 Å². The van der Waals surface area contributed by atoms with E-state index < -0.39 is 0 Å². The van der Waals surface area contributed by atoms with Gasteiger partial charge in [0.15, 0.2) is 0 Å². The van der Waals surface area contributed by atoms with Crippen molar-refractivity contribution in [2.45, 2.75) is 26.5 Å². The van der Waals surface area contributed by atoms with Crippen LogP contribution in [0.2, 0.25) is 0 Å². The number of hydrogen-bond acceptors (Lipinski definition) is 3. The number of rotatable bonds is 3. The van der Waals surface area contributed by atoms with Crippen molar-refractivity contribution in [1.82, 2.24) is 5.32 Å². The lowest BCUT2D eigenvalue weighted by molar-refractivity contribution is 0.0938. The zero-order valence-corrected chi connectivity index (χ0v) is 12.8. The van der Waals surface area contributed by atoms with E-state index in [0.29, 0.717) is 30.3 Å². The molecule has 3 rings (SSSR count). The Morgan fingerprint density at radius 3 is 2.77 bits per heavy atom. The SMILES string of the molecule is Cc1ccc2c(c1OCc1ccccc1)C(=O)N[C@@H](C)CO2. The van der Waals surface area contributed by atoms with E-state index in [4.69, 9.17) is 9.47 Å². The molecule has 22 heavy (non-hydrogen) atoms. The largest absolute Gasteiger partial charge is 0.490 e. The van der Waals surface area contributed by atoms with E-state index >= 15 is 0 Å². The summed E-state index contributed by atoms with van der Waals surface area (Å²) in [5.74, 6) is 1.02. The molecule has 0 radical (unpaired) electrons. The van der Waals surface area contributed by atoms with E-state index in [1.807, 2.05) is 56.3 Å². The minimum absolute atomic E-state index is 0.0258. The van der Waals surface area contributed by atoms with Crippen molar-refractivity contribution in [1.29, 1.82) is 0 Å². The maximum absolute atomic E-state index is 12.4. The van der Waals surface area contributed by atoms with Gasteiger partial charge in [-0.15, -0.1) is 0 Å². The second kappa shape index (κ2) is 6.10. The highest BCUT2D eigenvalue weighted by molar-refractivity contribution is 6.00. The molecule has 0 unspecified atom stereocenters. The number of amides is 1. The molecule has 2 aromatic carbocycles. The van der Waals surface area contributed by atoms with Crippen molar-refractivity contribution in [2.75, 3.05) is 6.61 Å². The molecule has 0 saturated heterocycles. The smallest absolute Gasteiger partial charge is 0.259 e. The van der Waals surface area contributed by atoms with Crippen molar-refractivity contribution in [3.05, 3.63) is 59.2 Å². The Morgan fingerprint density at radius 1 is 1.23 bits per heavy atom. The second-order valence-electron chi connectivity index (χ2n) is 5.54. The Hall–Kier alpha value is -2.49. The van der Waals surface area contributed by atoms with Crippen molar-refractivity contribution < 1.29 is 14.3 Å². The van der Waals surface area contributed by atoms with Crippen LogP contribution < -0.4 is 14.8 Å². The van der Waals surface area contributed by atoms with Crippen molar-refractivity contribution in [3.8, 4) is 11.5 Å². The van der Waals surface area contributed by atoms with E-state index in [9.17, 15) is 4.79 Å². The van der Waals surface area contributed by atoms with Crippen LogP contribution >= 0.6 is 0 Å². The molecule has 4 heteroatoms. The van der Waals surface area contributed by atoms with Gasteiger partial charge in [-0.25, -0.2) is 0 Å². The fourth-order valence-corrected chi connectivity index (χ4v) is 2.47. The topological polar surface area (TPSA) is 47.6 Å². The van der Waals surface area contributed by atoms with Gasteiger partial charge in [0.25, 0.3) is 5.91 Å². The average molecular weight is 297 g/mol. The quantitative estimate of drug-likeness (QED) is 0.947. The zero-order valence-electron chi connectivity index (χ0n) is 12.8. The molecule has 1 heterocycles. The first kappa shape index (κ1) is 14.4. The van der Waals surface area contributed by atoms with Gasteiger partial charge in [0.2, 0.25) is 0 Å². The summed E-state index contributed by atoms with van der Waals surface area (Å²) in [6.07, 6.45) is 0. The standard InChI is InChI=1S/C18H19NO3/c1-12-8-9-15-16(18(20)19-13(2)10-21-15)17(12)22-11-14-6-4-3-5-7-14/h3-9,13H,10-11H2,1-2H3,(H,19,20)/t13-/m0/s1. The Kier molecular flexibility index (Phi) is 4.00. The predicted octanol–water partition coefficient (Wildman–Crippen LogP) is 3.08. The van der Waals surface area contributed by atoms with Crippen LogP contribution in [0.5, 0.6) is 11.5 Å². The molecule has 1 aliphatic heterocycles. The molecular weight excluding hydrogens is 278 g/mol. The Bertz CT molecular complexity index is 682. The average Bonchev–Trinajstić information content (AvgIpc) is 2.66. The maximum Gasteiger partial charge on any atom is 0.259 e. The van der Waals surface area contributed by atoms with Gasteiger partial charge in [0.05, 0.1) is 6.04 Å². The van der Waals surface area contributed by atoms with Crippen LogP contribution in [-0.2, 0) is 6.61 Å². The summed E-state index contributed by atoms with van der Waals surface area (Å²) in [4.78, 5) is 12.4. The Labute approximate surface area is 130 Å². The number of aryl methyl sites for hydroxylation is 1. The van der Waals surface area contributed by atoms with Crippen molar-refractivity contribution in [3.63, 3.8) is 0 Å². The number of hydrogen-bond donors (Lipinski definition) is 1. The van der Waals surface area contributed by atoms with Crippen molar-refractivity contribution in [2.24, 2.45) is 0 Å². The van der Waals surface area contributed by atoms with Crippen LogP contribution in [0.25, 0.3) is 0 Å². The lowest BCUT2D eigenvalue weighted by atomic mass is 10.1. The number of carbonyl (C=O) groups excluding carboxylic acids is 1. The lowest BCUT2D eigenvalue weighted by Crippen LogP contribution is -2.34. The Balaban J connectivity index is 1.92. The summed E-state index contributed by atoms with van der Waals surface area (Å²) >= 11 is 0. The summed E-state index contributed by atoms with van der Waals surface area (Å²) in [7, 11) is 0. The molecular formula is C18H19NO3. The summed E-state index contributed by atoms with van der Waals surface area (Å²) in [5, 5.41) is 2.92. The van der Waals surface area contributed by atoms with Gasteiger partial charge in [-0.3, -0.25) is 4.79 Å². The van der Waals surface area contributed by atoms with E-state index in [0.717, 1.165) is 11.1 Å². The molecule has 0 aromatic heterocycles. The third kappa shape index (κ3) is 2.91. The highest BCUT2D eigenvalue weighted by Gasteiger charge is 2.25. The minimum Gasteiger partial charge on any atom is -0.490 e. The van der Waals surface area contributed by atoms with Crippen LogP contribution in [0.4, 0.5) is 0 Å². The molecule has 1 aliphatic rings.